The first kappa shape index (κ1) is 20.8. The molecule has 1 amide bonds. The SMILES string of the molecule is Cc1nc(N2CCCC2)cc(N2CCN(C(=O)c3ccccc3SC(F)F)CC2)n1. The molecule has 2 aromatic rings. The number of anilines is 2. The average molecular weight is 434 g/mol. The summed E-state index contributed by atoms with van der Waals surface area (Å²) in [4.78, 5) is 28.6. The maximum atomic E-state index is 12.9. The van der Waals surface area contributed by atoms with Crippen molar-refractivity contribution in [2.75, 3.05) is 49.1 Å². The summed E-state index contributed by atoms with van der Waals surface area (Å²) in [6.07, 6.45) is 2.37. The van der Waals surface area contributed by atoms with Crippen molar-refractivity contribution in [2.45, 2.75) is 30.4 Å². The molecule has 0 radical (unpaired) electrons. The number of carbonyl (C=O) groups excluding carboxylic acids is 1. The van der Waals surface area contributed by atoms with Gasteiger partial charge in [0.1, 0.15) is 17.5 Å². The lowest BCUT2D eigenvalue weighted by Crippen LogP contribution is -2.49. The summed E-state index contributed by atoms with van der Waals surface area (Å²) in [5, 5.41) is 0. The third-order valence-electron chi connectivity index (χ3n) is 5.47. The number of halogens is 2. The molecule has 2 aliphatic rings. The van der Waals surface area contributed by atoms with Crippen LogP contribution in [0.15, 0.2) is 35.2 Å². The van der Waals surface area contributed by atoms with Crippen LogP contribution in [0.4, 0.5) is 20.4 Å². The van der Waals surface area contributed by atoms with Gasteiger partial charge in [-0.05, 0) is 31.9 Å². The fraction of sp³-hybridized carbons (Fsp3) is 0.476. The van der Waals surface area contributed by atoms with Gasteiger partial charge in [-0.15, -0.1) is 0 Å². The van der Waals surface area contributed by atoms with Crippen molar-refractivity contribution in [2.24, 2.45) is 0 Å². The maximum Gasteiger partial charge on any atom is 0.288 e. The normalized spacial score (nSPS) is 17.1. The lowest BCUT2D eigenvalue weighted by atomic mass is 10.2. The Kier molecular flexibility index (Phi) is 6.36. The van der Waals surface area contributed by atoms with Crippen molar-refractivity contribution in [3.05, 3.63) is 41.7 Å². The molecule has 0 aliphatic carbocycles. The van der Waals surface area contributed by atoms with E-state index in [4.69, 9.17) is 0 Å². The lowest BCUT2D eigenvalue weighted by molar-refractivity contribution is 0.0743. The van der Waals surface area contributed by atoms with Crippen molar-refractivity contribution < 1.29 is 13.6 Å². The van der Waals surface area contributed by atoms with E-state index in [0.29, 0.717) is 48.4 Å². The number of thioether (sulfide) groups is 1. The second-order valence-electron chi connectivity index (χ2n) is 7.48. The summed E-state index contributed by atoms with van der Waals surface area (Å²) >= 11 is 0.417. The predicted molar refractivity (Wildman–Crippen MR) is 115 cm³/mol. The Hall–Kier alpha value is -2.42. The van der Waals surface area contributed by atoms with Crippen LogP contribution in [0.5, 0.6) is 0 Å². The molecule has 2 aliphatic heterocycles. The quantitative estimate of drug-likeness (QED) is 0.671. The van der Waals surface area contributed by atoms with Gasteiger partial charge >= 0.3 is 0 Å². The number of rotatable bonds is 5. The van der Waals surface area contributed by atoms with Crippen LogP contribution in [-0.2, 0) is 0 Å². The van der Waals surface area contributed by atoms with Gasteiger partial charge in [-0.25, -0.2) is 9.97 Å². The van der Waals surface area contributed by atoms with Crippen molar-refractivity contribution in [1.82, 2.24) is 14.9 Å². The van der Waals surface area contributed by atoms with E-state index in [1.807, 2.05) is 13.0 Å². The van der Waals surface area contributed by atoms with Crippen LogP contribution in [0.3, 0.4) is 0 Å². The Labute approximate surface area is 179 Å². The Bertz CT molecular complexity index is 899. The van der Waals surface area contributed by atoms with E-state index in [1.165, 1.54) is 12.8 Å². The van der Waals surface area contributed by atoms with Crippen LogP contribution in [0.2, 0.25) is 0 Å². The fourth-order valence-electron chi connectivity index (χ4n) is 3.96. The van der Waals surface area contributed by atoms with Gasteiger partial charge in [0.2, 0.25) is 0 Å². The minimum Gasteiger partial charge on any atom is -0.356 e. The zero-order valence-corrected chi connectivity index (χ0v) is 17.7. The van der Waals surface area contributed by atoms with E-state index in [2.05, 4.69) is 19.8 Å². The summed E-state index contributed by atoms with van der Waals surface area (Å²) < 4.78 is 25.7. The summed E-state index contributed by atoms with van der Waals surface area (Å²) in [6.45, 7) is 6.28. The van der Waals surface area contributed by atoms with E-state index < -0.39 is 5.76 Å². The van der Waals surface area contributed by atoms with E-state index in [-0.39, 0.29) is 5.91 Å². The Morgan fingerprint density at radius 3 is 2.20 bits per heavy atom. The Balaban J connectivity index is 1.44. The smallest absolute Gasteiger partial charge is 0.288 e. The number of aryl methyl sites for hydroxylation is 1. The predicted octanol–water partition coefficient (Wildman–Crippen LogP) is 3.66. The minimum absolute atomic E-state index is 0.199. The topological polar surface area (TPSA) is 52.6 Å². The molecule has 1 aromatic carbocycles. The van der Waals surface area contributed by atoms with Crippen LogP contribution in [0.25, 0.3) is 0 Å². The molecular formula is C21H25F2N5OS. The second-order valence-corrected chi connectivity index (χ2v) is 8.51. The van der Waals surface area contributed by atoms with Crippen molar-refractivity contribution in [3.63, 3.8) is 0 Å². The lowest BCUT2D eigenvalue weighted by Gasteiger charge is -2.36. The average Bonchev–Trinajstić information content (AvgIpc) is 3.28. The monoisotopic (exact) mass is 433 g/mol. The Morgan fingerprint density at radius 2 is 1.57 bits per heavy atom. The summed E-state index contributed by atoms with van der Waals surface area (Å²) in [5.41, 5.74) is 0.338. The highest BCUT2D eigenvalue weighted by atomic mass is 32.2. The number of aromatic nitrogens is 2. The van der Waals surface area contributed by atoms with Crippen LogP contribution < -0.4 is 9.80 Å². The van der Waals surface area contributed by atoms with Gasteiger partial charge < -0.3 is 14.7 Å². The zero-order chi connectivity index (χ0) is 21.1. The largest absolute Gasteiger partial charge is 0.356 e. The van der Waals surface area contributed by atoms with Gasteiger partial charge in [0, 0.05) is 50.2 Å². The molecule has 2 saturated heterocycles. The van der Waals surface area contributed by atoms with E-state index in [0.717, 1.165) is 30.5 Å². The molecule has 160 valence electrons. The summed E-state index contributed by atoms with van der Waals surface area (Å²) in [6, 6.07) is 8.61. The van der Waals surface area contributed by atoms with Gasteiger partial charge in [-0.2, -0.15) is 8.78 Å². The highest BCUT2D eigenvalue weighted by Crippen LogP contribution is 2.30. The standard InChI is InChI=1S/C21H25F2N5OS/c1-15-24-18(26-8-4-5-9-26)14-19(25-15)27-10-12-28(13-11-27)20(29)16-6-2-3-7-17(16)30-21(22)23/h2-3,6-7,14,21H,4-5,8-13H2,1H3. The first-order chi connectivity index (χ1) is 14.5. The molecule has 0 saturated carbocycles. The highest BCUT2D eigenvalue weighted by Gasteiger charge is 2.26. The number of nitrogens with zero attached hydrogens (tertiary/aromatic N) is 5. The summed E-state index contributed by atoms with van der Waals surface area (Å²) in [5.74, 6) is -0.168. The molecule has 0 spiro atoms. The first-order valence-electron chi connectivity index (χ1n) is 10.2. The molecule has 0 N–H and O–H groups in total. The number of carbonyl (C=O) groups is 1. The van der Waals surface area contributed by atoms with Crippen LogP contribution in [0, 0.1) is 6.92 Å². The van der Waals surface area contributed by atoms with Gasteiger partial charge in [0.15, 0.2) is 0 Å². The van der Waals surface area contributed by atoms with Crippen molar-refractivity contribution >= 4 is 29.3 Å². The number of hydrogen-bond donors (Lipinski definition) is 0. The number of benzene rings is 1. The van der Waals surface area contributed by atoms with Gasteiger partial charge in [0.05, 0.1) is 5.56 Å². The third-order valence-corrected chi connectivity index (χ3v) is 6.25. The van der Waals surface area contributed by atoms with Gasteiger partial charge in [0.25, 0.3) is 11.7 Å². The molecule has 0 bridgehead atoms. The maximum absolute atomic E-state index is 12.9. The van der Waals surface area contributed by atoms with Crippen LogP contribution in [-0.4, -0.2) is 65.8 Å². The molecule has 0 unspecified atom stereocenters. The molecular weight excluding hydrogens is 408 g/mol. The van der Waals surface area contributed by atoms with Crippen molar-refractivity contribution in [1.29, 1.82) is 0 Å². The van der Waals surface area contributed by atoms with E-state index in [1.54, 1.807) is 29.2 Å². The molecule has 1 aromatic heterocycles. The van der Waals surface area contributed by atoms with E-state index >= 15 is 0 Å². The van der Waals surface area contributed by atoms with Crippen LogP contribution >= 0.6 is 11.8 Å². The Morgan fingerprint density at radius 1 is 0.967 bits per heavy atom. The number of amides is 1. The molecule has 6 nitrogen and oxygen atoms in total. The highest BCUT2D eigenvalue weighted by molar-refractivity contribution is 7.99. The van der Waals surface area contributed by atoms with Crippen LogP contribution in [0.1, 0.15) is 29.0 Å². The third kappa shape index (κ3) is 4.66. The van der Waals surface area contributed by atoms with Gasteiger partial charge in [-0.3, -0.25) is 4.79 Å². The van der Waals surface area contributed by atoms with Crippen molar-refractivity contribution in [3.8, 4) is 0 Å². The fourth-order valence-corrected chi connectivity index (χ4v) is 4.59. The molecule has 4 rings (SSSR count). The first-order valence-corrected chi connectivity index (χ1v) is 11.1. The minimum atomic E-state index is -2.55. The molecule has 0 atom stereocenters. The number of alkyl halides is 2. The number of piperazine rings is 1. The summed E-state index contributed by atoms with van der Waals surface area (Å²) in [7, 11) is 0. The second kappa shape index (κ2) is 9.16. The molecule has 30 heavy (non-hydrogen) atoms. The molecule has 9 heteroatoms. The number of hydrogen-bond acceptors (Lipinski definition) is 6. The molecule has 3 heterocycles. The molecule has 2 fully saturated rings. The van der Waals surface area contributed by atoms with Gasteiger partial charge in [-0.1, -0.05) is 23.9 Å². The van der Waals surface area contributed by atoms with E-state index in [9.17, 15) is 13.6 Å². The zero-order valence-electron chi connectivity index (χ0n) is 16.9.